The van der Waals surface area contributed by atoms with E-state index < -0.39 is 17.6 Å². The first kappa shape index (κ1) is 23.1. The predicted molar refractivity (Wildman–Crippen MR) is 116 cm³/mol. The van der Waals surface area contributed by atoms with Crippen molar-refractivity contribution in [3.8, 4) is 11.1 Å². The van der Waals surface area contributed by atoms with Crippen LogP contribution in [-0.4, -0.2) is 25.5 Å². The van der Waals surface area contributed by atoms with Gasteiger partial charge in [-0.05, 0) is 47.9 Å². The maximum atomic E-state index is 13.3. The molecule has 3 aromatic carbocycles. The van der Waals surface area contributed by atoms with Crippen molar-refractivity contribution < 1.29 is 27.5 Å². The van der Waals surface area contributed by atoms with Crippen LogP contribution in [-0.2, 0) is 22.1 Å². The molecule has 4 nitrogen and oxygen atoms in total. The van der Waals surface area contributed by atoms with Crippen LogP contribution < -0.4 is 4.90 Å². The smallest absolute Gasteiger partial charge is 0.416 e. The number of benzene rings is 3. The van der Waals surface area contributed by atoms with Crippen LogP contribution in [0.25, 0.3) is 11.1 Å². The van der Waals surface area contributed by atoms with Gasteiger partial charge < -0.3 is 9.64 Å². The molecule has 0 radical (unpaired) electrons. The van der Waals surface area contributed by atoms with Crippen molar-refractivity contribution in [1.82, 2.24) is 0 Å². The Morgan fingerprint density at radius 1 is 0.938 bits per heavy atom. The highest BCUT2D eigenvalue weighted by molar-refractivity contribution is 6.10. The van der Waals surface area contributed by atoms with Crippen molar-refractivity contribution in [2.24, 2.45) is 0 Å². The fourth-order valence-electron chi connectivity index (χ4n) is 3.28. The molecular formula is C25H22F3NO3. The van der Waals surface area contributed by atoms with E-state index in [1.54, 1.807) is 61.5 Å². The second-order valence-electron chi connectivity index (χ2n) is 7.14. The lowest BCUT2D eigenvalue weighted by Gasteiger charge is -2.21. The normalized spacial score (nSPS) is 11.2. The average molecular weight is 441 g/mol. The van der Waals surface area contributed by atoms with E-state index in [1.165, 1.54) is 18.0 Å². The molecule has 0 saturated carbocycles. The zero-order chi connectivity index (χ0) is 23.3. The van der Waals surface area contributed by atoms with Gasteiger partial charge in [0.25, 0.3) is 5.91 Å². The van der Waals surface area contributed by atoms with Crippen LogP contribution >= 0.6 is 0 Å². The van der Waals surface area contributed by atoms with Crippen LogP contribution in [0.4, 0.5) is 18.9 Å². The summed E-state index contributed by atoms with van der Waals surface area (Å²) in [5, 5.41) is 0. The Kier molecular flexibility index (Phi) is 6.98. The lowest BCUT2D eigenvalue weighted by atomic mass is 9.96. The third-order valence-corrected chi connectivity index (χ3v) is 4.94. The van der Waals surface area contributed by atoms with E-state index in [2.05, 4.69) is 0 Å². The van der Waals surface area contributed by atoms with Gasteiger partial charge in [-0.3, -0.25) is 9.59 Å². The van der Waals surface area contributed by atoms with E-state index in [0.717, 1.165) is 12.1 Å². The summed E-state index contributed by atoms with van der Waals surface area (Å²) in [6.45, 7) is 2.01. The molecule has 0 spiro atoms. The highest BCUT2D eigenvalue weighted by Crippen LogP contribution is 2.34. The van der Waals surface area contributed by atoms with E-state index >= 15 is 0 Å². The molecule has 1 amide bonds. The number of hydrogen-bond acceptors (Lipinski definition) is 3. The second kappa shape index (κ2) is 9.68. The summed E-state index contributed by atoms with van der Waals surface area (Å²) >= 11 is 0. The van der Waals surface area contributed by atoms with Crippen LogP contribution in [0.3, 0.4) is 0 Å². The van der Waals surface area contributed by atoms with E-state index in [9.17, 15) is 22.8 Å². The Bertz CT molecular complexity index is 1090. The zero-order valence-corrected chi connectivity index (χ0v) is 17.6. The molecule has 0 heterocycles. The quantitative estimate of drug-likeness (QED) is 0.458. The summed E-state index contributed by atoms with van der Waals surface area (Å²) in [6, 6.07) is 18.6. The van der Waals surface area contributed by atoms with Gasteiger partial charge in [0.2, 0.25) is 0 Å². The lowest BCUT2D eigenvalue weighted by molar-refractivity contribution is -0.142. The molecule has 0 saturated heterocycles. The fraction of sp³-hybridized carbons (Fsp3) is 0.200. The number of carbonyl (C=O) groups excluding carboxylic acids is 2. The van der Waals surface area contributed by atoms with Crippen LogP contribution in [0.5, 0.6) is 0 Å². The molecule has 0 N–H and O–H groups in total. The number of anilines is 1. The number of nitrogens with zero attached hydrogens (tertiary/aromatic N) is 1. The van der Waals surface area contributed by atoms with Gasteiger partial charge in [0.15, 0.2) is 0 Å². The summed E-state index contributed by atoms with van der Waals surface area (Å²) in [5.41, 5.74) is 1.30. The van der Waals surface area contributed by atoms with Crippen LogP contribution in [0.2, 0.25) is 0 Å². The van der Waals surface area contributed by atoms with Gasteiger partial charge in [0, 0.05) is 18.3 Å². The van der Waals surface area contributed by atoms with Crippen LogP contribution in [0.15, 0.2) is 72.8 Å². The van der Waals surface area contributed by atoms with Crippen molar-refractivity contribution in [3.05, 3.63) is 89.5 Å². The third-order valence-electron chi connectivity index (χ3n) is 4.94. The summed E-state index contributed by atoms with van der Waals surface area (Å²) in [4.78, 5) is 26.2. The van der Waals surface area contributed by atoms with Crippen LogP contribution in [0.1, 0.15) is 28.4 Å². The second-order valence-corrected chi connectivity index (χ2v) is 7.14. The molecule has 3 rings (SSSR count). The van der Waals surface area contributed by atoms with Crippen molar-refractivity contribution >= 4 is 17.6 Å². The Labute approximate surface area is 184 Å². The molecule has 3 aromatic rings. The molecule has 0 atom stereocenters. The molecule has 166 valence electrons. The Hall–Kier alpha value is -3.61. The SMILES string of the molecule is CCOC(=O)Cc1ccc(N(C)C(=O)c2cc(C(F)(F)F)ccc2-c2ccccc2)cc1. The molecule has 0 bridgehead atoms. The fourth-order valence-corrected chi connectivity index (χ4v) is 3.28. The molecule has 0 aliphatic heterocycles. The van der Waals surface area contributed by atoms with Crippen LogP contribution in [0, 0.1) is 0 Å². The minimum atomic E-state index is -4.57. The van der Waals surface area contributed by atoms with E-state index in [4.69, 9.17) is 4.74 Å². The minimum Gasteiger partial charge on any atom is -0.466 e. The first-order chi connectivity index (χ1) is 15.2. The lowest BCUT2D eigenvalue weighted by Crippen LogP contribution is -2.27. The molecular weight excluding hydrogens is 419 g/mol. The maximum absolute atomic E-state index is 13.3. The number of carbonyl (C=O) groups is 2. The molecule has 32 heavy (non-hydrogen) atoms. The van der Waals surface area contributed by atoms with E-state index in [0.29, 0.717) is 22.4 Å². The predicted octanol–water partition coefficient (Wildman–Crippen LogP) is 5.75. The highest BCUT2D eigenvalue weighted by atomic mass is 19.4. The van der Waals surface area contributed by atoms with Crippen molar-refractivity contribution in [2.75, 3.05) is 18.6 Å². The van der Waals surface area contributed by atoms with Gasteiger partial charge >= 0.3 is 12.1 Å². The van der Waals surface area contributed by atoms with Crippen molar-refractivity contribution in [1.29, 1.82) is 0 Å². The number of rotatable bonds is 6. The third kappa shape index (κ3) is 5.35. The summed E-state index contributed by atoms with van der Waals surface area (Å²) in [5.74, 6) is -0.936. The first-order valence-corrected chi connectivity index (χ1v) is 10.00. The molecule has 0 unspecified atom stereocenters. The standard InChI is InChI=1S/C25H22F3NO3/c1-3-32-23(30)15-17-9-12-20(13-10-17)29(2)24(31)22-16-19(25(26,27)28)11-14-21(22)18-7-5-4-6-8-18/h4-14,16H,3,15H2,1-2H3. The molecule has 0 aliphatic rings. The summed E-state index contributed by atoms with van der Waals surface area (Å²) in [7, 11) is 1.50. The summed E-state index contributed by atoms with van der Waals surface area (Å²) in [6.07, 6.45) is -4.48. The molecule has 0 aromatic heterocycles. The van der Waals surface area contributed by atoms with Crippen molar-refractivity contribution in [3.63, 3.8) is 0 Å². The van der Waals surface area contributed by atoms with Gasteiger partial charge in [-0.25, -0.2) is 0 Å². The molecule has 0 aliphatic carbocycles. The maximum Gasteiger partial charge on any atom is 0.416 e. The Morgan fingerprint density at radius 2 is 1.59 bits per heavy atom. The number of alkyl halides is 3. The monoisotopic (exact) mass is 441 g/mol. The van der Waals surface area contributed by atoms with Crippen molar-refractivity contribution in [2.45, 2.75) is 19.5 Å². The van der Waals surface area contributed by atoms with Gasteiger partial charge in [0.1, 0.15) is 0 Å². The molecule has 7 heteroatoms. The average Bonchev–Trinajstić information content (AvgIpc) is 2.78. The summed E-state index contributed by atoms with van der Waals surface area (Å²) < 4.78 is 44.9. The first-order valence-electron chi connectivity index (χ1n) is 10.00. The number of hydrogen-bond donors (Lipinski definition) is 0. The molecule has 0 fully saturated rings. The number of amides is 1. The largest absolute Gasteiger partial charge is 0.466 e. The zero-order valence-electron chi connectivity index (χ0n) is 17.6. The number of esters is 1. The number of halogens is 3. The van der Waals surface area contributed by atoms with Gasteiger partial charge in [-0.2, -0.15) is 13.2 Å². The van der Waals surface area contributed by atoms with Gasteiger partial charge in [-0.1, -0.05) is 48.5 Å². The van der Waals surface area contributed by atoms with Gasteiger partial charge in [-0.15, -0.1) is 0 Å². The van der Waals surface area contributed by atoms with E-state index in [1.807, 2.05) is 0 Å². The minimum absolute atomic E-state index is 0.0517. The van der Waals surface area contributed by atoms with Gasteiger partial charge in [0.05, 0.1) is 18.6 Å². The highest BCUT2D eigenvalue weighted by Gasteiger charge is 2.32. The van der Waals surface area contributed by atoms with E-state index in [-0.39, 0.29) is 24.6 Å². The Balaban J connectivity index is 1.94. The topological polar surface area (TPSA) is 46.6 Å². The Morgan fingerprint density at radius 3 is 2.19 bits per heavy atom. The number of ether oxygens (including phenoxy) is 1.